The van der Waals surface area contributed by atoms with Gasteiger partial charge in [-0.3, -0.25) is 4.79 Å². The predicted octanol–water partition coefficient (Wildman–Crippen LogP) is 1.78. The van der Waals surface area contributed by atoms with Gasteiger partial charge >= 0.3 is 18.9 Å². The first-order valence-corrected chi connectivity index (χ1v) is 17.3. The molecule has 0 aliphatic heterocycles. The molecule has 220 valence electrons. The molecule has 1 fully saturated rings. The molecule has 1 aliphatic carbocycles. The van der Waals surface area contributed by atoms with E-state index in [1.54, 1.807) is 16.4 Å². The number of carboxylic acids is 1. The normalized spacial score (nSPS) is 14.8. The van der Waals surface area contributed by atoms with Gasteiger partial charge in [-0.15, -0.1) is 0 Å². The number of hydrogen-bond acceptors (Lipinski definition) is 6. The maximum atomic E-state index is 13.4. The fraction of sp³-hybridized carbons (Fsp3) is 0.548. The van der Waals surface area contributed by atoms with Gasteiger partial charge in [0.15, 0.2) is 0 Å². The first kappa shape index (κ1) is 35.4. The molecule has 0 aromatic heterocycles. The fourth-order valence-corrected chi connectivity index (χ4v) is 7.47. The van der Waals surface area contributed by atoms with Crippen molar-refractivity contribution < 1.29 is 42.0 Å². The standard InChI is InChI=1S/C31H44N2O5S2.Li/c1-4-5-19-40(37,38)33(21-24-12-7-6-8-13-24)22-25-15-16-27(28(20-25)26-14-10-9-11-23(26)2)30(34)32-29(31(35)36)17-18-39-3;/h9-11,14-16,20,24,29H,4-8,12-13,17-19,21-22H2,1-3H3,(H,32,34)(H,35,36);/q;+1/p-1/t29-;/m0./s1. The van der Waals surface area contributed by atoms with Crippen LogP contribution in [0.5, 0.6) is 0 Å². The Morgan fingerprint density at radius 3 is 2.44 bits per heavy atom. The Morgan fingerprint density at radius 1 is 1.10 bits per heavy atom. The second-order valence-electron chi connectivity index (χ2n) is 10.8. The van der Waals surface area contributed by atoms with Crippen LogP contribution in [0.1, 0.15) is 79.8 Å². The number of hydrogen-bond donors (Lipinski definition) is 1. The number of rotatable bonds is 15. The Balaban J connectivity index is 0.00000588. The van der Waals surface area contributed by atoms with E-state index in [4.69, 9.17) is 0 Å². The number of thioether (sulfide) groups is 1. The number of nitrogens with zero attached hydrogens (tertiary/aromatic N) is 1. The van der Waals surface area contributed by atoms with Crippen LogP contribution < -0.4 is 29.3 Å². The molecule has 2 aromatic carbocycles. The van der Waals surface area contributed by atoms with E-state index in [1.807, 2.05) is 50.4 Å². The molecule has 2 aromatic rings. The van der Waals surface area contributed by atoms with E-state index in [0.29, 0.717) is 35.8 Å². The summed E-state index contributed by atoms with van der Waals surface area (Å²) in [5.41, 5.74) is 3.60. The first-order chi connectivity index (χ1) is 19.2. The van der Waals surface area contributed by atoms with E-state index in [-0.39, 0.29) is 37.6 Å². The fourth-order valence-electron chi connectivity index (χ4n) is 5.30. The number of nitrogens with one attached hydrogen (secondary N) is 1. The summed E-state index contributed by atoms with van der Waals surface area (Å²) in [5.74, 6) is -0.746. The molecule has 10 heteroatoms. The van der Waals surface area contributed by atoms with Gasteiger partial charge in [-0.25, -0.2) is 8.42 Å². The summed E-state index contributed by atoms with van der Waals surface area (Å²) in [4.78, 5) is 25.1. The van der Waals surface area contributed by atoms with Crippen molar-refractivity contribution in [2.24, 2.45) is 5.92 Å². The average Bonchev–Trinajstić information content (AvgIpc) is 2.94. The van der Waals surface area contributed by atoms with E-state index in [2.05, 4.69) is 5.32 Å². The summed E-state index contributed by atoms with van der Waals surface area (Å²) in [6.07, 6.45) is 9.14. The van der Waals surface area contributed by atoms with Crippen molar-refractivity contribution in [3.05, 3.63) is 59.2 Å². The monoisotopic (exact) mass is 594 g/mol. The van der Waals surface area contributed by atoms with Crippen LogP contribution in [-0.2, 0) is 21.4 Å². The molecule has 1 saturated carbocycles. The van der Waals surface area contributed by atoms with Crippen molar-refractivity contribution in [1.29, 1.82) is 0 Å². The molecular weight excluding hydrogens is 551 g/mol. The Labute approximate surface area is 262 Å². The Morgan fingerprint density at radius 2 is 1.80 bits per heavy atom. The molecule has 1 aliphatic rings. The van der Waals surface area contributed by atoms with Crippen LogP contribution in [0.2, 0.25) is 0 Å². The SMILES string of the molecule is CCCCS(=O)(=O)N(Cc1ccc(C(=O)N[C@@H](CCSC)C(=O)[O-])c(-c2ccccc2C)c1)CC1CCCCC1.[Li+]. The summed E-state index contributed by atoms with van der Waals surface area (Å²) < 4.78 is 28.5. The topological polar surface area (TPSA) is 107 Å². The van der Waals surface area contributed by atoms with Gasteiger partial charge in [0, 0.05) is 18.7 Å². The van der Waals surface area contributed by atoms with Gasteiger partial charge in [0.05, 0.1) is 17.8 Å². The van der Waals surface area contributed by atoms with Crippen LogP contribution in [0.15, 0.2) is 42.5 Å². The molecule has 0 bridgehead atoms. The van der Waals surface area contributed by atoms with Crippen molar-refractivity contribution in [1.82, 2.24) is 9.62 Å². The summed E-state index contributed by atoms with van der Waals surface area (Å²) in [6.45, 7) is 4.69. The van der Waals surface area contributed by atoms with Crippen LogP contribution in [0.3, 0.4) is 0 Å². The Kier molecular flexibility index (Phi) is 15.0. The predicted molar refractivity (Wildman–Crippen MR) is 162 cm³/mol. The zero-order chi connectivity index (χ0) is 29.1. The van der Waals surface area contributed by atoms with Gasteiger partial charge in [0.25, 0.3) is 5.91 Å². The number of carbonyl (C=O) groups excluding carboxylic acids is 2. The molecule has 0 spiro atoms. The maximum absolute atomic E-state index is 13.4. The van der Waals surface area contributed by atoms with Crippen LogP contribution in [0, 0.1) is 12.8 Å². The molecule has 1 amide bonds. The summed E-state index contributed by atoms with van der Waals surface area (Å²) in [7, 11) is -3.45. The molecule has 0 radical (unpaired) electrons. The molecular formula is C31H43LiN2O5S2. The van der Waals surface area contributed by atoms with E-state index in [1.165, 1.54) is 18.2 Å². The number of carboxylic acid groups (broad SMARTS) is 1. The zero-order valence-corrected chi connectivity index (χ0v) is 26.6. The Hall–Kier alpha value is -1.76. The number of carbonyl (C=O) groups is 2. The zero-order valence-electron chi connectivity index (χ0n) is 25.0. The van der Waals surface area contributed by atoms with Crippen molar-refractivity contribution in [2.75, 3.05) is 24.3 Å². The molecule has 0 unspecified atom stereocenters. The van der Waals surface area contributed by atoms with E-state index < -0.39 is 27.9 Å². The number of amides is 1. The minimum Gasteiger partial charge on any atom is -0.548 e. The summed E-state index contributed by atoms with van der Waals surface area (Å²) in [5, 5.41) is 14.3. The number of unbranched alkanes of at least 4 members (excludes halogenated alkanes) is 1. The second kappa shape index (κ2) is 17.4. The Bertz CT molecular complexity index is 1250. The van der Waals surface area contributed by atoms with Gasteiger partial charge in [0.2, 0.25) is 10.0 Å². The van der Waals surface area contributed by atoms with Gasteiger partial charge in [-0.2, -0.15) is 16.1 Å². The molecule has 41 heavy (non-hydrogen) atoms. The third kappa shape index (κ3) is 10.5. The van der Waals surface area contributed by atoms with Crippen LogP contribution in [0.25, 0.3) is 11.1 Å². The molecule has 0 saturated heterocycles. The van der Waals surface area contributed by atoms with E-state index in [0.717, 1.165) is 48.8 Å². The van der Waals surface area contributed by atoms with E-state index >= 15 is 0 Å². The van der Waals surface area contributed by atoms with Crippen LogP contribution >= 0.6 is 11.8 Å². The third-order valence-electron chi connectivity index (χ3n) is 7.66. The first-order valence-electron chi connectivity index (χ1n) is 14.3. The molecule has 1 N–H and O–H groups in total. The maximum Gasteiger partial charge on any atom is 1.00 e. The second-order valence-corrected chi connectivity index (χ2v) is 13.9. The smallest absolute Gasteiger partial charge is 0.548 e. The van der Waals surface area contributed by atoms with Crippen LogP contribution in [-0.4, -0.2) is 54.9 Å². The van der Waals surface area contributed by atoms with Gasteiger partial charge in [-0.1, -0.05) is 62.9 Å². The largest absolute Gasteiger partial charge is 1.00 e. The van der Waals surface area contributed by atoms with Gasteiger partial charge in [-0.05, 0) is 84.9 Å². The molecule has 0 heterocycles. The third-order valence-corrected chi connectivity index (χ3v) is 10.2. The van der Waals surface area contributed by atoms with Crippen molar-refractivity contribution in [3.63, 3.8) is 0 Å². The van der Waals surface area contributed by atoms with Crippen LogP contribution in [0.4, 0.5) is 0 Å². The summed E-state index contributed by atoms with van der Waals surface area (Å²) >= 11 is 1.50. The van der Waals surface area contributed by atoms with Crippen molar-refractivity contribution >= 4 is 33.7 Å². The average molecular weight is 595 g/mol. The number of aliphatic carboxylic acids is 1. The molecule has 3 rings (SSSR count). The van der Waals surface area contributed by atoms with Crippen molar-refractivity contribution in [3.8, 4) is 11.1 Å². The quantitative estimate of drug-likeness (QED) is 0.315. The van der Waals surface area contributed by atoms with Crippen molar-refractivity contribution in [2.45, 2.75) is 77.8 Å². The van der Waals surface area contributed by atoms with E-state index in [9.17, 15) is 23.1 Å². The minimum atomic E-state index is -3.45. The molecule has 7 nitrogen and oxygen atoms in total. The molecule has 1 atom stereocenters. The minimum absolute atomic E-state index is 0. The number of aryl methyl sites for hydroxylation is 1. The van der Waals surface area contributed by atoms with Gasteiger partial charge < -0.3 is 15.2 Å². The summed E-state index contributed by atoms with van der Waals surface area (Å²) in [6, 6.07) is 12.0. The number of sulfonamides is 1. The van der Waals surface area contributed by atoms with Gasteiger partial charge in [0.1, 0.15) is 0 Å². The number of benzene rings is 2.